The third-order valence-corrected chi connectivity index (χ3v) is 2.98. The molecule has 0 saturated carbocycles. The van der Waals surface area contributed by atoms with Gasteiger partial charge in [-0.05, 0) is 37.3 Å². The number of hydrazone groups is 1. The van der Waals surface area contributed by atoms with Crippen molar-refractivity contribution in [1.82, 2.24) is 4.98 Å². The molecule has 2 aromatic rings. The third kappa shape index (κ3) is 5.04. The number of esters is 1. The number of hydrogen-bond donors (Lipinski definition) is 3. The summed E-state index contributed by atoms with van der Waals surface area (Å²) in [5.41, 5.74) is 8.52. The summed E-state index contributed by atoms with van der Waals surface area (Å²) >= 11 is 0. The van der Waals surface area contributed by atoms with Crippen LogP contribution in [0.5, 0.6) is 11.6 Å². The van der Waals surface area contributed by atoms with Gasteiger partial charge in [-0.1, -0.05) is 0 Å². The lowest BCUT2D eigenvalue weighted by molar-refractivity contribution is 0.0526. The van der Waals surface area contributed by atoms with Crippen LogP contribution in [0, 0.1) is 16.7 Å². The number of nitrogens with two attached hydrogens (primary N) is 1. The van der Waals surface area contributed by atoms with E-state index in [0.717, 1.165) is 0 Å². The minimum atomic E-state index is -0.448. The minimum absolute atomic E-state index is 0.217. The molecule has 1 aromatic heterocycles. The van der Waals surface area contributed by atoms with Crippen LogP contribution in [0.2, 0.25) is 0 Å². The molecule has 0 spiro atoms. The molecule has 0 aliphatic heterocycles. The number of hydrogen-bond acceptors (Lipinski definition) is 8. The molecule has 1 aromatic carbocycles. The molecular formula is C17H16N6O3. The van der Waals surface area contributed by atoms with E-state index in [4.69, 9.17) is 25.9 Å². The van der Waals surface area contributed by atoms with Gasteiger partial charge in [-0.3, -0.25) is 10.8 Å². The van der Waals surface area contributed by atoms with Crippen molar-refractivity contribution in [2.45, 2.75) is 6.92 Å². The van der Waals surface area contributed by atoms with Crippen LogP contribution in [0.25, 0.3) is 0 Å². The van der Waals surface area contributed by atoms with E-state index >= 15 is 0 Å². The Labute approximate surface area is 149 Å². The second-order valence-corrected chi connectivity index (χ2v) is 4.83. The standard InChI is InChI=1S/C17H16N6O3/c1-2-25-17(24)11-7-8-21-15(9-11)26-13-5-3-12(4-6-13)22-23-14(10-18)16(19)20/h3-9,22H,2H2,1H3,(H3,19,20)/b23-14+. The maximum Gasteiger partial charge on any atom is 0.338 e. The van der Waals surface area contributed by atoms with E-state index in [1.54, 1.807) is 37.3 Å². The molecule has 132 valence electrons. The Kier molecular flexibility index (Phi) is 6.23. The largest absolute Gasteiger partial charge is 0.462 e. The lowest BCUT2D eigenvalue weighted by atomic mass is 10.2. The van der Waals surface area contributed by atoms with Gasteiger partial charge in [0.05, 0.1) is 17.9 Å². The van der Waals surface area contributed by atoms with E-state index < -0.39 is 11.8 Å². The van der Waals surface area contributed by atoms with Crippen LogP contribution in [-0.4, -0.2) is 29.1 Å². The first-order chi connectivity index (χ1) is 12.5. The van der Waals surface area contributed by atoms with Crippen LogP contribution in [0.1, 0.15) is 17.3 Å². The van der Waals surface area contributed by atoms with E-state index in [0.29, 0.717) is 17.0 Å². The molecule has 0 saturated heterocycles. The quantitative estimate of drug-likeness (QED) is 0.300. The van der Waals surface area contributed by atoms with E-state index in [1.165, 1.54) is 18.3 Å². The van der Waals surface area contributed by atoms with E-state index in [2.05, 4.69) is 15.5 Å². The van der Waals surface area contributed by atoms with Crippen molar-refractivity contribution in [3.63, 3.8) is 0 Å². The average Bonchev–Trinajstić information content (AvgIpc) is 2.64. The predicted octanol–water partition coefficient (Wildman–Crippen LogP) is 2.28. The van der Waals surface area contributed by atoms with Crippen molar-refractivity contribution >= 4 is 23.2 Å². The molecule has 9 heteroatoms. The molecule has 0 unspecified atom stereocenters. The first-order valence-electron chi connectivity index (χ1n) is 7.52. The highest BCUT2D eigenvalue weighted by atomic mass is 16.5. The summed E-state index contributed by atoms with van der Waals surface area (Å²) in [6.07, 6.45) is 1.46. The van der Waals surface area contributed by atoms with Gasteiger partial charge in [-0.25, -0.2) is 9.78 Å². The maximum atomic E-state index is 11.7. The summed E-state index contributed by atoms with van der Waals surface area (Å²) < 4.78 is 10.5. The fourth-order valence-electron chi connectivity index (χ4n) is 1.79. The van der Waals surface area contributed by atoms with Gasteiger partial charge in [-0.15, -0.1) is 0 Å². The summed E-state index contributed by atoms with van der Waals surface area (Å²) in [7, 11) is 0. The van der Waals surface area contributed by atoms with Crippen LogP contribution in [-0.2, 0) is 4.74 Å². The van der Waals surface area contributed by atoms with Crippen molar-refractivity contribution in [3.05, 3.63) is 48.2 Å². The number of rotatable bonds is 7. The molecular weight excluding hydrogens is 336 g/mol. The fraction of sp³-hybridized carbons (Fsp3) is 0.118. The van der Waals surface area contributed by atoms with Gasteiger partial charge >= 0.3 is 5.97 Å². The summed E-state index contributed by atoms with van der Waals surface area (Å²) in [5.74, 6) is -0.138. The molecule has 0 atom stereocenters. The highest BCUT2D eigenvalue weighted by Crippen LogP contribution is 2.22. The number of carbonyl (C=O) groups is 1. The molecule has 4 N–H and O–H groups in total. The molecule has 0 radical (unpaired) electrons. The van der Waals surface area contributed by atoms with E-state index in [1.807, 2.05) is 0 Å². The SMILES string of the molecule is CCOC(=O)c1ccnc(Oc2ccc(N/N=C(\C#N)C(=N)N)cc2)c1. The number of nitrogens with zero attached hydrogens (tertiary/aromatic N) is 3. The zero-order valence-electron chi connectivity index (χ0n) is 13.9. The number of nitriles is 1. The Morgan fingerprint density at radius 2 is 2.12 bits per heavy atom. The zero-order valence-corrected chi connectivity index (χ0v) is 13.9. The van der Waals surface area contributed by atoms with Crippen molar-refractivity contribution in [2.75, 3.05) is 12.0 Å². The highest BCUT2D eigenvalue weighted by molar-refractivity contribution is 6.45. The van der Waals surface area contributed by atoms with Crippen LogP contribution < -0.4 is 15.9 Å². The molecule has 0 fully saturated rings. The van der Waals surface area contributed by atoms with Crippen LogP contribution in [0.15, 0.2) is 47.7 Å². The number of benzene rings is 1. The summed E-state index contributed by atoms with van der Waals surface area (Å²) in [4.78, 5) is 15.8. The third-order valence-electron chi connectivity index (χ3n) is 2.98. The summed E-state index contributed by atoms with van der Waals surface area (Å²) in [6, 6.07) is 11.3. The van der Waals surface area contributed by atoms with Gasteiger partial charge in [0.25, 0.3) is 0 Å². The maximum absolute atomic E-state index is 11.7. The van der Waals surface area contributed by atoms with Gasteiger partial charge < -0.3 is 15.2 Å². The fourth-order valence-corrected chi connectivity index (χ4v) is 1.79. The number of ether oxygens (including phenoxy) is 2. The topological polar surface area (TPSA) is 146 Å². The number of anilines is 1. The first-order valence-corrected chi connectivity index (χ1v) is 7.52. The lowest BCUT2D eigenvalue weighted by Crippen LogP contribution is -2.21. The van der Waals surface area contributed by atoms with Crippen LogP contribution in [0.4, 0.5) is 5.69 Å². The Balaban J connectivity index is 2.06. The van der Waals surface area contributed by atoms with Crippen molar-refractivity contribution in [1.29, 1.82) is 10.7 Å². The highest BCUT2D eigenvalue weighted by Gasteiger charge is 2.09. The molecule has 26 heavy (non-hydrogen) atoms. The van der Waals surface area contributed by atoms with Crippen molar-refractivity contribution in [2.24, 2.45) is 10.8 Å². The Bertz CT molecular complexity index is 871. The summed E-state index contributed by atoms with van der Waals surface area (Å²) in [6.45, 7) is 2.01. The second-order valence-electron chi connectivity index (χ2n) is 4.83. The van der Waals surface area contributed by atoms with Gasteiger partial charge in [-0.2, -0.15) is 10.4 Å². The molecule has 1 heterocycles. The Morgan fingerprint density at radius 1 is 1.38 bits per heavy atom. The van der Waals surface area contributed by atoms with Crippen LogP contribution in [0.3, 0.4) is 0 Å². The van der Waals surface area contributed by atoms with Gasteiger partial charge in [0.15, 0.2) is 5.84 Å². The zero-order chi connectivity index (χ0) is 18.9. The number of nitrogens with one attached hydrogen (secondary N) is 2. The van der Waals surface area contributed by atoms with Gasteiger partial charge in [0.1, 0.15) is 11.8 Å². The molecule has 0 bridgehead atoms. The monoisotopic (exact) mass is 352 g/mol. The first kappa shape index (κ1) is 18.4. The number of aromatic nitrogens is 1. The van der Waals surface area contributed by atoms with Gasteiger partial charge in [0, 0.05) is 12.3 Å². The van der Waals surface area contributed by atoms with Crippen molar-refractivity contribution in [3.8, 4) is 17.7 Å². The minimum Gasteiger partial charge on any atom is -0.462 e. The van der Waals surface area contributed by atoms with E-state index in [-0.39, 0.29) is 18.2 Å². The predicted molar refractivity (Wildman–Crippen MR) is 95.3 cm³/mol. The molecule has 0 amide bonds. The Hall–Kier alpha value is -3.93. The van der Waals surface area contributed by atoms with E-state index in [9.17, 15) is 4.79 Å². The average molecular weight is 352 g/mol. The smallest absolute Gasteiger partial charge is 0.338 e. The van der Waals surface area contributed by atoms with Crippen LogP contribution >= 0.6 is 0 Å². The number of amidine groups is 1. The summed E-state index contributed by atoms with van der Waals surface area (Å²) in [5, 5.41) is 19.7. The number of pyridine rings is 1. The molecule has 9 nitrogen and oxygen atoms in total. The molecule has 0 aliphatic rings. The number of carbonyl (C=O) groups excluding carboxylic acids is 1. The Morgan fingerprint density at radius 3 is 2.73 bits per heavy atom. The molecule has 2 rings (SSSR count). The molecule has 0 aliphatic carbocycles. The second kappa shape index (κ2) is 8.79. The lowest BCUT2D eigenvalue weighted by Gasteiger charge is -2.07. The van der Waals surface area contributed by atoms with Gasteiger partial charge in [0.2, 0.25) is 11.6 Å². The normalized spacial score (nSPS) is 10.5. The van der Waals surface area contributed by atoms with Crippen molar-refractivity contribution < 1.29 is 14.3 Å².